The summed E-state index contributed by atoms with van der Waals surface area (Å²) in [5.41, 5.74) is -0.457. The Hall–Kier alpha value is -0.860. The van der Waals surface area contributed by atoms with Gasteiger partial charge in [-0.25, -0.2) is 0 Å². The van der Waals surface area contributed by atoms with E-state index in [0.29, 0.717) is 12.5 Å². The fourth-order valence-electron chi connectivity index (χ4n) is 2.13. The van der Waals surface area contributed by atoms with Crippen molar-refractivity contribution >= 4 is 11.8 Å². The summed E-state index contributed by atoms with van der Waals surface area (Å²) in [5.74, 6) is 0.931. The molecule has 17 heavy (non-hydrogen) atoms. The molecule has 0 aromatic carbocycles. The van der Waals surface area contributed by atoms with Crippen molar-refractivity contribution in [1.82, 2.24) is 0 Å². The molecule has 0 aliphatic heterocycles. The first-order valence-corrected chi connectivity index (χ1v) is 6.42. The minimum atomic E-state index is -0.457. The largest absolute Gasteiger partial charge is 0.465 e. The molecule has 1 rings (SSSR count). The van der Waals surface area contributed by atoms with E-state index >= 15 is 0 Å². The summed E-state index contributed by atoms with van der Waals surface area (Å²) in [6.45, 7) is 10.0. The third-order valence-electron chi connectivity index (χ3n) is 3.81. The first-order valence-electron chi connectivity index (χ1n) is 6.42. The number of ketones is 1. The van der Waals surface area contributed by atoms with Crippen LogP contribution in [0, 0.1) is 23.2 Å². The summed E-state index contributed by atoms with van der Waals surface area (Å²) in [5, 5.41) is 0. The lowest BCUT2D eigenvalue weighted by molar-refractivity contribution is -0.162. The molecule has 0 aromatic heterocycles. The Morgan fingerprint density at radius 3 is 2.24 bits per heavy atom. The highest BCUT2D eigenvalue weighted by Gasteiger charge is 2.46. The molecule has 0 N–H and O–H groups in total. The molecule has 1 aliphatic carbocycles. The average Bonchev–Trinajstić information content (AvgIpc) is 2.09. The SMILES string of the molecule is CC(=O)C1CC(C(C)(C)C(=O)OCC(C)C)C1. The summed E-state index contributed by atoms with van der Waals surface area (Å²) in [7, 11) is 0. The summed E-state index contributed by atoms with van der Waals surface area (Å²) in [6, 6.07) is 0. The standard InChI is InChI=1S/C14H24O3/c1-9(2)8-17-13(16)14(4,5)12-6-11(7-12)10(3)15/h9,11-12H,6-8H2,1-5H3. The summed E-state index contributed by atoms with van der Waals surface area (Å²) in [6.07, 6.45) is 1.66. The van der Waals surface area contributed by atoms with Crippen LogP contribution >= 0.6 is 0 Å². The van der Waals surface area contributed by atoms with Gasteiger partial charge in [-0.2, -0.15) is 0 Å². The monoisotopic (exact) mass is 240 g/mol. The lowest BCUT2D eigenvalue weighted by Gasteiger charge is -2.42. The highest BCUT2D eigenvalue weighted by atomic mass is 16.5. The molecular formula is C14H24O3. The average molecular weight is 240 g/mol. The molecule has 0 bridgehead atoms. The first-order chi connectivity index (χ1) is 7.75. The zero-order valence-electron chi connectivity index (χ0n) is 11.6. The third-order valence-corrected chi connectivity index (χ3v) is 3.81. The van der Waals surface area contributed by atoms with Crippen molar-refractivity contribution in [2.75, 3.05) is 6.61 Å². The Kier molecular flexibility index (Phi) is 4.34. The molecule has 0 spiro atoms. The van der Waals surface area contributed by atoms with Crippen LogP contribution in [-0.4, -0.2) is 18.4 Å². The molecule has 0 amide bonds. The minimum absolute atomic E-state index is 0.127. The first kappa shape index (κ1) is 14.2. The van der Waals surface area contributed by atoms with Crippen LogP contribution in [0.5, 0.6) is 0 Å². The van der Waals surface area contributed by atoms with Crippen LogP contribution in [0.25, 0.3) is 0 Å². The number of carbonyl (C=O) groups excluding carboxylic acids is 2. The van der Waals surface area contributed by atoms with Gasteiger partial charge in [0.2, 0.25) is 0 Å². The van der Waals surface area contributed by atoms with Crippen LogP contribution in [0.1, 0.15) is 47.5 Å². The van der Waals surface area contributed by atoms with Crippen molar-refractivity contribution in [2.24, 2.45) is 23.2 Å². The zero-order valence-corrected chi connectivity index (χ0v) is 11.6. The molecule has 1 fully saturated rings. The van der Waals surface area contributed by atoms with Gasteiger partial charge in [-0.05, 0) is 45.4 Å². The molecule has 98 valence electrons. The van der Waals surface area contributed by atoms with Crippen molar-refractivity contribution in [3.63, 3.8) is 0 Å². The minimum Gasteiger partial charge on any atom is -0.465 e. The highest BCUT2D eigenvalue weighted by Crippen LogP contribution is 2.46. The van der Waals surface area contributed by atoms with E-state index < -0.39 is 5.41 Å². The van der Waals surface area contributed by atoms with E-state index in [1.165, 1.54) is 0 Å². The van der Waals surface area contributed by atoms with Crippen LogP contribution in [0.15, 0.2) is 0 Å². The van der Waals surface area contributed by atoms with E-state index in [-0.39, 0.29) is 23.6 Å². The number of Topliss-reactive ketones (excluding diaryl/α,β-unsaturated/α-hetero) is 1. The van der Waals surface area contributed by atoms with E-state index in [2.05, 4.69) is 0 Å². The van der Waals surface area contributed by atoms with Crippen LogP contribution in [-0.2, 0) is 14.3 Å². The Bertz CT molecular complexity index is 299. The molecule has 0 saturated heterocycles. The number of carbonyl (C=O) groups is 2. The smallest absolute Gasteiger partial charge is 0.311 e. The fraction of sp³-hybridized carbons (Fsp3) is 0.857. The predicted octanol–water partition coefficient (Wildman–Crippen LogP) is 2.83. The maximum Gasteiger partial charge on any atom is 0.311 e. The molecule has 0 atom stereocenters. The molecule has 0 unspecified atom stereocenters. The van der Waals surface area contributed by atoms with Crippen LogP contribution in [0.4, 0.5) is 0 Å². The molecular weight excluding hydrogens is 216 g/mol. The van der Waals surface area contributed by atoms with Crippen molar-refractivity contribution in [3.8, 4) is 0 Å². The van der Waals surface area contributed by atoms with Crippen LogP contribution in [0.2, 0.25) is 0 Å². The van der Waals surface area contributed by atoms with Crippen LogP contribution in [0.3, 0.4) is 0 Å². The van der Waals surface area contributed by atoms with Crippen molar-refractivity contribution in [1.29, 1.82) is 0 Å². The van der Waals surface area contributed by atoms with Crippen LogP contribution < -0.4 is 0 Å². The summed E-state index contributed by atoms with van der Waals surface area (Å²) < 4.78 is 5.30. The second kappa shape index (κ2) is 5.19. The number of esters is 1. The second-order valence-electron chi connectivity index (χ2n) is 6.19. The number of rotatable bonds is 5. The van der Waals surface area contributed by atoms with Gasteiger partial charge in [0, 0.05) is 5.92 Å². The maximum atomic E-state index is 12.0. The van der Waals surface area contributed by atoms with Crippen molar-refractivity contribution in [2.45, 2.75) is 47.5 Å². The summed E-state index contributed by atoms with van der Waals surface area (Å²) >= 11 is 0. The Balaban J connectivity index is 2.46. The van der Waals surface area contributed by atoms with E-state index in [0.717, 1.165) is 12.8 Å². The van der Waals surface area contributed by atoms with E-state index in [1.54, 1.807) is 6.92 Å². The highest BCUT2D eigenvalue weighted by molar-refractivity contribution is 5.81. The Morgan fingerprint density at radius 2 is 1.82 bits per heavy atom. The molecule has 0 radical (unpaired) electrons. The van der Waals surface area contributed by atoms with Crippen molar-refractivity contribution in [3.05, 3.63) is 0 Å². The van der Waals surface area contributed by atoms with Gasteiger partial charge >= 0.3 is 5.97 Å². The number of hydrogen-bond donors (Lipinski definition) is 0. The van der Waals surface area contributed by atoms with Gasteiger partial charge in [0.05, 0.1) is 12.0 Å². The lowest BCUT2D eigenvalue weighted by atomic mass is 9.61. The second-order valence-corrected chi connectivity index (χ2v) is 6.19. The quantitative estimate of drug-likeness (QED) is 0.694. The maximum absolute atomic E-state index is 12.0. The van der Waals surface area contributed by atoms with Gasteiger partial charge in [-0.3, -0.25) is 9.59 Å². The number of hydrogen-bond acceptors (Lipinski definition) is 3. The molecule has 0 heterocycles. The van der Waals surface area contributed by atoms with E-state index in [4.69, 9.17) is 4.74 Å². The molecule has 1 saturated carbocycles. The Labute approximate surface area is 104 Å². The van der Waals surface area contributed by atoms with Gasteiger partial charge in [0.1, 0.15) is 5.78 Å². The van der Waals surface area contributed by atoms with Crippen molar-refractivity contribution < 1.29 is 14.3 Å². The predicted molar refractivity (Wildman–Crippen MR) is 66.5 cm³/mol. The van der Waals surface area contributed by atoms with Gasteiger partial charge in [-0.15, -0.1) is 0 Å². The fourth-order valence-corrected chi connectivity index (χ4v) is 2.13. The van der Waals surface area contributed by atoms with E-state index in [1.807, 2.05) is 27.7 Å². The number of ether oxygens (including phenoxy) is 1. The van der Waals surface area contributed by atoms with Gasteiger partial charge in [0.25, 0.3) is 0 Å². The normalized spacial score (nSPS) is 24.4. The molecule has 3 heteroatoms. The topological polar surface area (TPSA) is 43.4 Å². The summed E-state index contributed by atoms with van der Waals surface area (Å²) in [4.78, 5) is 23.1. The zero-order chi connectivity index (χ0) is 13.2. The molecule has 1 aliphatic rings. The van der Waals surface area contributed by atoms with Gasteiger partial charge in [0.15, 0.2) is 0 Å². The van der Waals surface area contributed by atoms with Gasteiger partial charge < -0.3 is 4.74 Å². The van der Waals surface area contributed by atoms with Gasteiger partial charge in [-0.1, -0.05) is 13.8 Å². The lowest BCUT2D eigenvalue weighted by Crippen LogP contribution is -2.44. The third kappa shape index (κ3) is 3.30. The molecule has 0 aromatic rings. The Morgan fingerprint density at radius 1 is 1.29 bits per heavy atom. The van der Waals surface area contributed by atoms with E-state index in [9.17, 15) is 9.59 Å². The molecule has 3 nitrogen and oxygen atoms in total.